The Balaban J connectivity index is 2.33. The Kier molecular flexibility index (Phi) is 7.13. The van der Waals surface area contributed by atoms with Crippen molar-refractivity contribution in [3.8, 4) is 0 Å². The van der Waals surface area contributed by atoms with Crippen LogP contribution in [0.3, 0.4) is 0 Å². The molecule has 1 aromatic carbocycles. The van der Waals surface area contributed by atoms with Crippen molar-refractivity contribution in [1.29, 1.82) is 0 Å². The predicted octanol–water partition coefficient (Wildman–Crippen LogP) is -0.159. The highest BCUT2D eigenvalue weighted by atomic mass is 32.2. The number of ether oxygens (including phenoxy) is 1. The van der Waals surface area contributed by atoms with Gasteiger partial charge < -0.3 is 15.8 Å². The number of carbonyl (C=O) groups excluding carboxylic acids is 1. The molecule has 0 fully saturated rings. The Hall–Kier alpha value is -1.64. The average Bonchev–Trinajstić information content (AvgIpc) is 2.41. The van der Waals surface area contributed by atoms with Gasteiger partial charge in [-0.3, -0.25) is 4.79 Å². The smallest absolute Gasteiger partial charge is 0.221 e. The molecule has 1 amide bonds. The molecule has 1 aromatic rings. The maximum atomic E-state index is 11.8. The largest absolute Gasteiger partial charge is 0.399 e. The molecular formula is C13H21N3O4S. The first kappa shape index (κ1) is 17.4. The molecule has 1 rings (SSSR count). The minimum absolute atomic E-state index is 0.0656. The van der Waals surface area contributed by atoms with Gasteiger partial charge in [-0.05, 0) is 17.7 Å². The van der Waals surface area contributed by atoms with Gasteiger partial charge in [-0.2, -0.15) is 0 Å². The van der Waals surface area contributed by atoms with Crippen molar-refractivity contribution in [3.05, 3.63) is 29.8 Å². The first-order valence-electron chi connectivity index (χ1n) is 6.50. The molecule has 0 aliphatic heterocycles. The highest BCUT2D eigenvalue weighted by Crippen LogP contribution is 2.08. The van der Waals surface area contributed by atoms with Crippen molar-refractivity contribution in [3.63, 3.8) is 0 Å². The molecule has 0 aliphatic rings. The topological polar surface area (TPSA) is 111 Å². The molecule has 0 saturated heterocycles. The molecule has 21 heavy (non-hydrogen) atoms. The van der Waals surface area contributed by atoms with Crippen molar-refractivity contribution >= 4 is 21.6 Å². The van der Waals surface area contributed by atoms with Gasteiger partial charge in [0.1, 0.15) is 0 Å². The maximum Gasteiger partial charge on any atom is 0.221 e. The van der Waals surface area contributed by atoms with E-state index < -0.39 is 10.0 Å². The van der Waals surface area contributed by atoms with Crippen LogP contribution in [0.2, 0.25) is 0 Å². The minimum atomic E-state index is -3.46. The maximum absolute atomic E-state index is 11.8. The Labute approximate surface area is 124 Å². The van der Waals surface area contributed by atoms with Crippen LogP contribution in [0.4, 0.5) is 5.69 Å². The number of hydrogen-bond acceptors (Lipinski definition) is 5. The zero-order valence-corrected chi connectivity index (χ0v) is 12.8. The molecule has 0 saturated carbocycles. The molecule has 0 heterocycles. The van der Waals surface area contributed by atoms with Gasteiger partial charge in [0.2, 0.25) is 15.9 Å². The van der Waals surface area contributed by atoms with Crippen LogP contribution in [0.15, 0.2) is 24.3 Å². The van der Waals surface area contributed by atoms with Gasteiger partial charge in [0, 0.05) is 32.3 Å². The lowest BCUT2D eigenvalue weighted by molar-refractivity contribution is -0.121. The van der Waals surface area contributed by atoms with E-state index in [-0.39, 0.29) is 24.6 Å². The Morgan fingerprint density at radius 1 is 1.24 bits per heavy atom. The van der Waals surface area contributed by atoms with Crippen molar-refractivity contribution in [1.82, 2.24) is 10.0 Å². The highest BCUT2D eigenvalue weighted by Gasteiger charge is 2.11. The molecule has 0 bridgehead atoms. The first-order valence-corrected chi connectivity index (χ1v) is 8.15. The molecule has 0 aromatic heterocycles. The predicted molar refractivity (Wildman–Crippen MR) is 81.0 cm³/mol. The Morgan fingerprint density at radius 2 is 1.90 bits per heavy atom. The summed E-state index contributed by atoms with van der Waals surface area (Å²) in [6.07, 6.45) is 0.0880. The summed E-state index contributed by atoms with van der Waals surface area (Å²) in [6.45, 7) is 0.901. The third-order valence-electron chi connectivity index (χ3n) is 2.64. The number of anilines is 1. The van der Waals surface area contributed by atoms with Crippen molar-refractivity contribution in [2.75, 3.05) is 32.5 Å². The zero-order chi connectivity index (χ0) is 15.7. The van der Waals surface area contributed by atoms with Gasteiger partial charge in [0.05, 0.1) is 12.4 Å². The minimum Gasteiger partial charge on any atom is -0.399 e. The number of benzene rings is 1. The van der Waals surface area contributed by atoms with E-state index in [2.05, 4.69) is 10.0 Å². The van der Waals surface area contributed by atoms with Gasteiger partial charge in [0.25, 0.3) is 0 Å². The standard InChI is InChI=1S/C13H21N3O4S/c1-20-9-8-15-13(17)6-7-16-21(18,19)10-11-2-4-12(14)5-3-11/h2-5,16H,6-10,14H2,1H3,(H,15,17). The van der Waals surface area contributed by atoms with E-state index >= 15 is 0 Å². The van der Waals surface area contributed by atoms with Crippen LogP contribution in [0.1, 0.15) is 12.0 Å². The number of methoxy groups -OCH3 is 1. The van der Waals surface area contributed by atoms with Crippen LogP contribution in [-0.4, -0.2) is 41.1 Å². The number of hydrogen-bond donors (Lipinski definition) is 3. The lowest BCUT2D eigenvalue weighted by Gasteiger charge is -2.07. The fourth-order valence-electron chi connectivity index (χ4n) is 1.59. The van der Waals surface area contributed by atoms with E-state index in [1.54, 1.807) is 24.3 Å². The van der Waals surface area contributed by atoms with Crippen LogP contribution in [0.5, 0.6) is 0 Å². The molecule has 8 heteroatoms. The lowest BCUT2D eigenvalue weighted by atomic mass is 10.2. The van der Waals surface area contributed by atoms with E-state index in [9.17, 15) is 13.2 Å². The van der Waals surface area contributed by atoms with Gasteiger partial charge in [0.15, 0.2) is 0 Å². The molecule has 0 radical (unpaired) electrons. The number of rotatable bonds is 9. The number of nitrogens with two attached hydrogens (primary N) is 1. The third-order valence-corrected chi connectivity index (χ3v) is 4.00. The summed E-state index contributed by atoms with van der Waals surface area (Å²) in [5.74, 6) is -0.360. The number of sulfonamides is 1. The van der Waals surface area contributed by atoms with Crippen molar-refractivity contribution in [2.45, 2.75) is 12.2 Å². The summed E-state index contributed by atoms with van der Waals surface area (Å²) < 4.78 is 30.8. The van der Waals surface area contributed by atoms with Crippen molar-refractivity contribution in [2.24, 2.45) is 0 Å². The molecule has 4 N–H and O–H groups in total. The summed E-state index contributed by atoms with van der Waals surface area (Å²) in [5, 5.41) is 2.61. The van der Waals surface area contributed by atoms with E-state index in [1.165, 1.54) is 7.11 Å². The number of carbonyl (C=O) groups is 1. The van der Waals surface area contributed by atoms with Crippen molar-refractivity contribution < 1.29 is 17.9 Å². The molecule has 0 unspecified atom stereocenters. The molecule has 0 aliphatic carbocycles. The van der Waals surface area contributed by atoms with E-state index in [4.69, 9.17) is 10.5 Å². The number of amides is 1. The van der Waals surface area contributed by atoms with Crippen LogP contribution < -0.4 is 15.8 Å². The van der Waals surface area contributed by atoms with E-state index in [0.717, 1.165) is 0 Å². The van der Waals surface area contributed by atoms with Gasteiger partial charge >= 0.3 is 0 Å². The Morgan fingerprint density at radius 3 is 2.52 bits per heavy atom. The second-order valence-electron chi connectivity index (χ2n) is 4.49. The summed E-state index contributed by atoms with van der Waals surface area (Å²) in [7, 11) is -1.92. The SMILES string of the molecule is COCCNC(=O)CCNS(=O)(=O)Cc1ccc(N)cc1. The van der Waals surface area contributed by atoms with E-state index in [0.29, 0.717) is 24.4 Å². The number of nitrogen functional groups attached to an aromatic ring is 1. The van der Waals surface area contributed by atoms with Crippen LogP contribution in [0, 0.1) is 0 Å². The lowest BCUT2D eigenvalue weighted by Crippen LogP contribution is -2.32. The highest BCUT2D eigenvalue weighted by molar-refractivity contribution is 7.88. The molecule has 7 nitrogen and oxygen atoms in total. The molecular weight excluding hydrogens is 294 g/mol. The summed E-state index contributed by atoms with van der Waals surface area (Å²) in [5.41, 5.74) is 6.76. The molecule has 118 valence electrons. The summed E-state index contributed by atoms with van der Waals surface area (Å²) in [4.78, 5) is 11.4. The third kappa shape index (κ3) is 7.64. The summed E-state index contributed by atoms with van der Waals surface area (Å²) in [6, 6.07) is 6.61. The average molecular weight is 315 g/mol. The second-order valence-corrected chi connectivity index (χ2v) is 6.29. The second kappa shape index (κ2) is 8.60. The van der Waals surface area contributed by atoms with Crippen LogP contribution in [0.25, 0.3) is 0 Å². The summed E-state index contributed by atoms with van der Waals surface area (Å²) >= 11 is 0. The first-order chi connectivity index (χ1) is 9.93. The molecule has 0 atom stereocenters. The van der Waals surface area contributed by atoms with Gasteiger partial charge in [-0.1, -0.05) is 12.1 Å². The fraction of sp³-hybridized carbons (Fsp3) is 0.462. The monoisotopic (exact) mass is 315 g/mol. The fourth-order valence-corrected chi connectivity index (χ4v) is 2.73. The van der Waals surface area contributed by atoms with E-state index in [1.807, 2.05) is 0 Å². The van der Waals surface area contributed by atoms with Gasteiger partial charge in [-0.25, -0.2) is 13.1 Å². The van der Waals surface area contributed by atoms with Crippen LogP contribution in [-0.2, 0) is 25.3 Å². The normalized spacial score (nSPS) is 11.3. The van der Waals surface area contributed by atoms with Crippen LogP contribution >= 0.6 is 0 Å². The Bertz CT molecular complexity index is 543. The number of nitrogens with one attached hydrogen (secondary N) is 2. The quantitative estimate of drug-likeness (QED) is 0.433. The van der Waals surface area contributed by atoms with Gasteiger partial charge in [-0.15, -0.1) is 0 Å². The zero-order valence-electron chi connectivity index (χ0n) is 12.0. The molecule has 0 spiro atoms.